The zero-order chi connectivity index (χ0) is 12.1. The van der Waals surface area contributed by atoms with Crippen LogP contribution >= 0.6 is 0 Å². The molecule has 1 atom stereocenters. The fourth-order valence-corrected chi connectivity index (χ4v) is 1.82. The number of carbonyl (C=O) groups is 1. The van der Waals surface area contributed by atoms with Crippen molar-refractivity contribution in [3.63, 3.8) is 0 Å². The van der Waals surface area contributed by atoms with E-state index in [0.29, 0.717) is 11.8 Å². The molecular weight excluding hydrogens is 218 g/mol. The summed E-state index contributed by atoms with van der Waals surface area (Å²) < 4.78 is 5.18. The van der Waals surface area contributed by atoms with Gasteiger partial charge in [0, 0.05) is 18.3 Å². The molecule has 1 aromatic carbocycles. The number of nitrogens with one attached hydrogen (secondary N) is 2. The van der Waals surface area contributed by atoms with Crippen molar-refractivity contribution in [1.29, 1.82) is 0 Å². The van der Waals surface area contributed by atoms with Gasteiger partial charge in [0.2, 0.25) is 0 Å². The first-order chi connectivity index (χ1) is 8.24. The highest BCUT2D eigenvalue weighted by Crippen LogP contribution is 2.17. The van der Waals surface area contributed by atoms with E-state index in [1.165, 1.54) is 0 Å². The van der Waals surface area contributed by atoms with E-state index < -0.39 is 5.91 Å². The van der Waals surface area contributed by atoms with Gasteiger partial charge in [-0.2, -0.15) is 0 Å². The van der Waals surface area contributed by atoms with Crippen LogP contribution in [0.25, 0.3) is 0 Å². The van der Waals surface area contributed by atoms with Crippen molar-refractivity contribution in [2.45, 2.75) is 12.5 Å². The first-order valence-corrected chi connectivity index (χ1v) is 5.72. The van der Waals surface area contributed by atoms with Crippen molar-refractivity contribution in [3.8, 4) is 5.75 Å². The molecule has 1 aliphatic rings. The Morgan fingerprint density at radius 1 is 1.47 bits per heavy atom. The first kappa shape index (κ1) is 11.7. The van der Waals surface area contributed by atoms with Gasteiger partial charge in [-0.05, 0) is 37.2 Å². The molecule has 0 radical (unpaired) electrons. The second-order valence-corrected chi connectivity index (χ2v) is 4.11. The molecule has 5 heteroatoms. The lowest BCUT2D eigenvalue weighted by atomic mass is 10.2. The lowest BCUT2D eigenvalue weighted by Crippen LogP contribution is -2.22. The third kappa shape index (κ3) is 3.64. The maximum Gasteiger partial charge on any atom is 0.255 e. The molecule has 2 rings (SSSR count). The van der Waals surface area contributed by atoms with Crippen LogP contribution in [0.2, 0.25) is 0 Å². The predicted octanol–water partition coefficient (Wildman–Crippen LogP) is 0.324. The number of hydrogen-bond acceptors (Lipinski definition) is 4. The van der Waals surface area contributed by atoms with Gasteiger partial charge in [0.25, 0.3) is 5.91 Å². The number of primary amides is 1. The molecule has 1 saturated heterocycles. The minimum Gasteiger partial charge on any atom is -0.484 e. The van der Waals surface area contributed by atoms with Crippen LogP contribution in [0.4, 0.5) is 5.69 Å². The number of rotatable bonds is 5. The molecule has 1 aromatic rings. The highest BCUT2D eigenvalue weighted by molar-refractivity contribution is 5.75. The van der Waals surface area contributed by atoms with Gasteiger partial charge in [0.05, 0.1) is 0 Å². The summed E-state index contributed by atoms with van der Waals surface area (Å²) in [5.74, 6) is 0.183. The van der Waals surface area contributed by atoms with Crippen LogP contribution in [0.3, 0.4) is 0 Å². The molecule has 0 spiro atoms. The number of hydrogen-bond donors (Lipinski definition) is 3. The number of nitrogens with two attached hydrogens (primary N) is 1. The van der Waals surface area contributed by atoms with Gasteiger partial charge < -0.3 is 21.1 Å². The van der Waals surface area contributed by atoms with Crippen LogP contribution in [-0.2, 0) is 4.79 Å². The van der Waals surface area contributed by atoms with E-state index in [1.54, 1.807) is 0 Å². The third-order valence-electron chi connectivity index (χ3n) is 2.67. The maximum atomic E-state index is 10.5. The summed E-state index contributed by atoms with van der Waals surface area (Å²) in [6, 6.07) is 8.03. The number of amides is 1. The highest BCUT2D eigenvalue weighted by Gasteiger charge is 2.13. The molecule has 1 fully saturated rings. The molecule has 1 aliphatic heterocycles. The van der Waals surface area contributed by atoms with Gasteiger partial charge >= 0.3 is 0 Å². The SMILES string of the molecule is NC(=O)COc1ccc(NC2CCNC2)cc1. The molecule has 1 amide bonds. The lowest BCUT2D eigenvalue weighted by molar-refractivity contribution is -0.119. The van der Waals surface area contributed by atoms with Gasteiger partial charge in [0.15, 0.2) is 6.61 Å². The second-order valence-electron chi connectivity index (χ2n) is 4.11. The van der Waals surface area contributed by atoms with E-state index in [0.717, 1.165) is 25.2 Å². The average molecular weight is 235 g/mol. The topological polar surface area (TPSA) is 76.4 Å². The average Bonchev–Trinajstić information content (AvgIpc) is 2.81. The zero-order valence-corrected chi connectivity index (χ0v) is 9.61. The molecule has 17 heavy (non-hydrogen) atoms. The van der Waals surface area contributed by atoms with Crippen LogP contribution in [0.5, 0.6) is 5.75 Å². The van der Waals surface area contributed by atoms with Crippen molar-refractivity contribution in [3.05, 3.63) is 24.3 Å². The Balaban J connectivity index is 1.86. The van der Waals surface area contributed by atoms with Gasteiger partial charge in [-0.1, -0.05) is 0 Å². The van der Waals surface area contributed by atoms with Crippen LogP contribution in [0.15, 0.2) is 24.3 Å². The summed E-state index contributed by atoms with van der Waals surface area (Å²) in [6.07, 6.45) is 1.14. The predicted molar refractivity (Wildman–Crippen MR) is 66.0 cm³/mol. The quantitative estimate of drug-likeness (QED) is 0.687. The van der Waals surface area contributed by atoms with Crippen LogP contribution in [-0.4, -0.2) is 31.6 Å². The number of carbonyl (C=O) groups excluding carboxylic acids is 1. The Morgan fingerprint density at radius 3 is 2.82 bits per heavy atom. The molecule has 92 valence electrons. The normalized spacial score (nSPS) is 18.9. The fourth-order valence-electron chi connectivity index (χ4n) is 1.82. The Morgan fingerprint density at radius 2 is 2.24 bits per heavy atom. The first-order valence-electron chi connectivity index (χ1n) is 5.72. The lowest BCUT2D eigenvalue weighted by Gasteiger charge is -2.13. The molecule has 0 aromatic heterocycles. The van der Waals surface area contributed by atoms with Crippen LogP contribution in [0, 0.1) is 0 Å². The van der Waals surface area contributed by atoms with E-state index in [9.17, 15) is 4.79 Å². The molecule has 1 heterocycles. The number of benzene rings is 1. The van der Waals surface area contributed by atoms with Crippen LogP contribution < -0.4 is 21.1 Å². The largest absolute Gasteiger partial charge is 0.484 e. The van der Waals surface area contributed by atoms with Crippen LogP contribution in [0.1, 0.15) is 6.42 Å². The van der Waals surface area contributed by atoms with E-state index in [-0.39, 0.29) is 6.61 Å². The summed E-state index contributed by atoms with van der Waals surface area (Å²) in [7, 11) is 0. The van der Waals surface area contributed by atoms with E-state index in [2.05, 4.69) is 10.6 Å². The fraction of sp³-hybridized carbons (Fsp3) is 0.417. The molecule has 0 aliphatic carbocycles. The zero-order valence-electron chi connectivity index (χ0n) is 9.61. The molecule has 4 N–H and O–H groups in total. The molecule has 5 nitrogen and oxygen atoms in total. The van der Waals surface area contributed by atoms with Crippen molar-refractivity contribution in [2.75, 3.05) is 25.0 Å². The molecule has 0 saturated carbocycles. The Labute approximate surface area is 100 Å². The maximum absolute atomic E-state index is 10.5. The van der Waals surface area contributed by atoms with Gasteiger partial charge in [-0.3, -0.25) is 4.79 Å². The standard InChI is InChI=1S/C12H17N3O2/c13-12(16)8-17-11-3-1-9(2-4-11)15-10-5-6-14-7-10/h1-4,10,14-15H,5-8H2,(H2,13,16). The number of anilines is 1. The summed E-state index contributed by atoms with van der Waals surface area (Å²) in [4.78, 5) is 10.5. The monoisotopic (exact) mass is 235 g/mol. The summed E-state index contributed by atoms with van der Waals surface area (Å²) in [5, 5.41) is 6.72. The molecule has 0 bridgehead atoms. The second kappa shape index (κ2) is 5.54. The number of ether oxygens (including phenoxy) is 1. The van der Waals surface area contributed by atoms with Gasteiger partial charge in [-0.15, -0.1) is 0 Å². The van der Waals surface area contributed by atoms with Crippen molar-refractivity contribution < 1.29 is 9.53 Å². The van der Waals surface area contributed by atoms with E-state index in [1.807, 2.05) is 24.3 Å². The highest BCUT2D eigenvalue weighted by atomic mass is 16.5. The molecule has 1 unspecified atom stereocenters. The summed E-state index contributed by atoms with van der Waals surface area (Å²) in [5.41, 5.74) is 6.06. The third-order valence-corrected chi connectivity index (χ3v) is 2.67. The van der Waals surface area contributed by atoms with E-state index >= 15 is 0 Å². The molecular formula is C12H17N3O2. The van der Waals surface area contributed by atoms with Crippen molar-refractivity contribution >= 4 is 11.6 Å². The van der Waals surface area contributed by atoms with Gasteiger partial charge in [-0.25, -0.2) is 0 Å². The van der Waals surface area contributed by atoms with E-state index in [4.69, 9.17) is 10.5 Å². The Hall–Kier alpha value is -1.75. The van der Waals surface area contributed by atoms with Crippen molar-refractivity contribution in [2.24, 2.45) is 5.73 Å². The minimum absolute atomic E-state index is 0.0840. The summed E-state index contributed by atoms with van der Waals surface area (Å²) >= 11 is 0. The van der Waals surface area contributed by atoms with Gasteiger partial charge in [0.1, 0.15) is 5.75 Å². The van der Waals surface area contributed by atoms with Crippen molar-refractivity contribution in [1.82, 2.24) is 5.32 Å². The Kier molecular flexibility index (Phi) is 3.82. The summed E-state index contributed by atoms with van der Waals surface area (Å²) in [6.45, 7) is 1.98. The Bertz CT molecular complexity index is 372. The minimum atomic E-state index is -0.468. The smallest absolute Gasteiger partial charge is 0.255 e.